The average Bonchev–Trinajstić information content (AvgIpc) is 1.78. The van der Waals surface area contributed by atoms with Crippen LogP contribution in [0.3, 0.4) is 0 Å². The van der Waals surface area contributed by atoms with Crippen LogP contribution in [0.5, 0.6) is 0 Å². The highest BCUT2D eigenvalue weighted by atomic mass is 16.2. The standard InChI is InChI=1S/C11H24N2O/c1-10(2,3)8-13(6)9(14)7-11(4,5)12/h7-8,12H2,1-6H3. The molecule has 0 fully saturated rings. The van der Waals surface area contributed by atoms with Crippen LogP contribution in [-0.4, -0.2) is 29.9 Å². The summed E-state index contributed by atoms with van der Waals surface area (Å²) in [6.07, 6.45) is 0.402. The third kappa shape index (κ3) is 6.89. The zero-order valence-electron chi connectivity index (χ0n) is 10.3. The maximum Gasteiger partial charge on any atom is 0.224 e. The van der Waals surface area contributed by atoms with Gasteiger partial charge in [-0.25, -0.2) is 0 Å². The number of nitrogens with two attached hydrogens (primary N) is 1. The Morgan fingerprint density at radius 2 is 1.64 bits per heavy atom. The Hall–Kier alpha value is -0.570. The summed E-state index contributed by atoms with van der Waals surface area (Å²) >= 11 is 0. The van der Waals surface area contributed by atoms with Gasteiger partial charge in [0.2, 0.25) is 5.91 Å². The largest absolute Gasteiger partial charge is 0.345 e. The van der Waals surface area contributed by atoms with E-state index in [0.717, 1.165) is 6.54 Å². The zero-order chi connectivity index (χ0) is 11.6. The van der Waals surface area contributed by atoms with Gasteiger partial charge in [-0.2, -0.15) is 0 Å². The molecule has 3 heteroatoms. The smallest absolute Gasteiger partial charge is 0.224 e. The van der Waals surface area contributed by atoms with Crippen molar-refractivity contribution in [3.05, 3.63) is 0 Å². The molecule has 0 unspecified atom stereocenters. The molecule has 3 nitrogen and oxygen atoms in total. The maximum atomic E-state index is 11.7. The predicted octanol–water partition coefficient (Wildman–Crippen LogP) is 1.62. The summed E-state index contributed by atoms with van der Waals surface area (Å²) in [6.45, 7) is 10.9. The molecule has 0 aliphatic heterocycles. The van der Waals surface area contributed by atoms with Crippen LogP contribution in [0.15, 0.2) is 0 Å². The first-order chi connectivity index (χ1) is 6.01. The minimum absolute atomic E-state index is 0.118. The molecule has 0 aromatic carbocycles. The second kappa shape index (κ2) is 4.30. The van der Waals surface area contributed by atoms with Gasteiger partial charge < -0.3 is 10.6 Å². The number of rotatable bonds is 3. The van der Waals surface area contributed by atoms with Crippen LogP contribution in [0.4, 0.5) is 0 Å². The van der Waals surface area contributed by atoms with E-state index in [0.29, 0.717) is 6.42 Å². The van der Waals surface area contributed by atoms with E-state index in [-0.39, 0.29) is 11.3 Å². The molecule has 14 heavy (non-hydrogen) atoms. The number of hydrogen-bond donors (Lipinski definition) is 1. The molecule has 0 aromatic heterocycles. The monoisotopic (exact) mass is 200 g/mol. The molecule has 0 aromatic rings. The van der Waals surface area contributed by atoms with E-state index in [2.05, 4.69) is 20.8 Å². The van der Waals surface area contributed by atoms with Crippen molar-refractivity contribution in [3.63, 3.8) is 0 Å². The molecule has 84 valence electrons. The number of nitrogens with zero attached hydrogens (tertiary/aromatic N) is 1. The van der Waals surface area contributed by atoms with Crippen LogP contribution in [-0.2, 0) is 4.79 Å². The van der Waals surface area contributed by atoms with Crippen molar-refractivity contribution in [2.45, 2.75) is 46.6 Å². The Morgan fingerprint density at radius 1 is 1.21 bits per heavy atom. The normalized spacial score (nSPS) is 12.8. The molecule has 0 spiro atoms. The highest BCUT2D eigenvalue weighted by molar-refractivity contribution is 5.77. The quantitative estimate of drug-likeness (QED) is 0.752. The molecule has 0 bridgehead atoms. The molecule has 0 saturated heterocycles. The number of hydrogen-bond acceptors (Lipinski definition) is 2. The van der Waals surface area contributed by atoms with Crippen LogP contribution in [0.2, 0.25) is 0 Å². The zero-order valence-corrected chi connectivity index (χ0v) is 10.3. The van der Waals surface area contributed by atoms with E-state index in [1.165, 1.54) is 0 Å². The van der Waals surface area contributed by atoms with Gasteiger partial charge in [-0.3, -0.25) is 4.79 Å². The van der Waals surface area contributed by atoms with Gasteiger partial charge in [0.1, 0.15) is 0 Å². The minimum Gasteiger partial charge on any atom is -0.345 e. The topological polar surface area (TPSA) is 46.3 Å². The van der Waals surface area contributed by atoms with Crippen molar-refractivity contribution < 1.29 is 4.79 Å². The number of carbonyl (C=O) groups excluding carboxylic acids is 1. The van der Waals surface area contributed by atoms with Gasteiger partial charge in [-0.05, 0) is 19.3 Å². The fraction of sp³-hybridized carbons (Fsp3) is 0.909. The van der Waals surface area contributed by atoms with Crippen molar-refractivity contribution in [1.82, 2.24) is 4.90 Å². The molecular weight excluding hydrogens is 176 g/mol. The molecule has 2 N–H and O–H groups in total. The van der Waals surface area contributed by atoms with Crippen LogP contribution in [0, 0.1) is 5.41 Å². The average molecular weight is 200 g/mol. The van der Waals surface area contributed by atoms with Crippen molar-refractivity contribution in [3.8, 4) is 0 Å². The van der Waals surface area contributed by atoms with E-state index >= 15 is 0 Å². The Labute approximate surface area is 87.6 Å². The summed E-state index contributed by atoms with van der Waals surface area (Å²) < 4.78 is 0. The first-order valence-corrected chi connectivity index (χ1v) is 5.04. The van der Waals surface area contributed by atoms with Gasteiger partial charge in [0, 0.05) is 25.6 Å². The number of carbonyl (C=O) groups is 1. The summed E-state index contributed by atoms with van der Waals surface area (Å²) in [4.78, 5) is 13.4. The Bertz CT molecular complexity index is 198. The van der Waals surface area contributed by atoms with Gasteiger partial charge in [-0.15, -0.1) is 0 Å². The van der Waals surface area contributed by atoms with Crippen LogP contribution in [0.1, 0.15) is 41.0 Å². The van der Waals surface area contributed by atoms with Gasteiger partial charge in [0.25, 0.3) is 0 Å². The van der Waals surface area contributed by atoms with Crippen molar-refractivity contribution in [2.24, 2.45) is 11.1 Å². The fourth-order valence-corrected chi connectivity index (χ4v) is 1.32. The van der Waals surface area contributed by atoms with Gasteiger partial charge >= 0.3 is 0 Å². The van der Waals surface area contributed by atoms with Gasteiger partial charge in [0.15, 0.2) is 0 Å². The Balaban J connectivity index is 4.15. The SMILES string of the molecule is CN(CC(C)(C)C)C(=O)CC(C)(C)N. The first-order valence-electron chi connectivity index (χ1n) is 5.04. The summed E-state index contributed by atoms with van der Waals surface area (Å²) in [5.74, 6) is 0.118. The molecule has 0 rings (SSSR count). The summed E-state index contributed by atoms with van der Waals surface area (Å²) in [5.41, 5.74) is 5.52. The molecule has 0 radical (unpaired) electrons. The van der Waals surface area contributed by atoms with E-state index < -0.39 is 5.54 Å². The molecule has 0 saturated carbocycles. The highest BCUT2D eigenvalue weighted by Crippen LogP contribution is 2.15. The summed E-state index contributed by atoms with van der Waals surface area (Å²) in [6, 6.07) is 0. The number of amides is 1. The third-order valence-corrected chi connectivity index (χ3v) is 1.74. The van der Waals surface area contributed by atoms with E-state index in [9.17, 15) is 4.79 Å². The molecule has 0 aliphatic rings. The third-order valence-electron chi connectivity index (χ3n) is 1.74. The van der Waals surface area contributed by atoms with Gasteiger partial charge in [-0.1, -0.05) is 20.8 Å². The van der Waals surface area contributed by atoms with E-state index in [4.69, 9.17) is 5.73 Å². The molecule has 1 amide bonds. The minimum atomic E-state index is -0.413. The summed E-state index contributed by atoms with van der Waals surface area (Å²) in [7, 11) is 1.83. The van der Waals surface area contributed by atoms with Gasteiger partial charge in [0.05, 0.1) is 0 Å². The second-order valence-corrected chi connectivity index (χ2v) is 5.98. The lowest BCUT2D eigenvalue weighted by atomic mass is 9.95. The van der Waals surface area contributed by atoms with Crippen LogP contribution < -0.4 is 5.73 Å². The predicted molar refractivity (Wildman–Crippen MR) is 60.0 cm³/mol. The lowest BCUT2D eigenvalue weighted by Crippen LogP contribution is -2.42. The summed E-state index contributed by atoms with van der Waals surface area (Å²) in [5, 5.41) is 0. The maximum absolute atomic E-state index is 11.7. The molecule has 0 heterocycles. The Kier molecular flexibility index (Phi) is 4.13. The van der Waals surface area contributed by atoms with Crippen molar-refractivity contribution in [2.75, 3.05) is 13.6 Å². The van der Waals surface area contributed by atoms with Crippen molar-refractivity contribution in [1.29, 1.82) is 0 Å². The van der Waals surface area contributed by atoms with E-state index in [1.54, 1.807) is 4.90 Å². The lowest BCUT2D eigenvalue weighted by molar-refractivity contribution is -0.132. The first kappa shape index (κ1) is 13.4. The van der Waals surface area contributed by atoms with Crippen LogP contribution >= 0.6 is 0 Å². The van der Waals surface area contributed by atoms with Crippen molar-refractivity contribution >= 4 is 5.91 Å². The highest BCUT2D eigenvalue weighted by Gasteiger charge is 2.22. The Morgan fingerprint density at radius 3 is 1.93 bits per heavy atom. The molecule has 0 aliphatic carbocycles. The van der Waals surface area contributed by atoms with E-state index in [1.807, 2.05) is 20.9 Å². The second-order valence-electron chi connectivity index (χ2n) is 5.98. The molecular formula is C11H24N2O. The lowest BCUT2D eigenvalue weighted by Gasteiger charge is -2.29. The van der Waals surface area contributed by atoms with Crippen LogP contribution in [0.25, 0.3) is 0 Å². The fourth-order valence-electron chi connectivity index (χ4n) is 1.32. The molecule has 0 atom stereocenters.